The third kappa shape index (κ3) is 10.4. The Kier molecular flexibility index (Phi) is 12.8. The van der Waals surface area contributed by atoms with Gasteiger partial charge in [-0.05, 0) is 25.8 Å². The van der Waals surface area contributed by atoms with Crippen LogP contribution in [0.15, 0.2) is 0 Å². The van der Waals surface area contributed by atoms with Crippen molar-refractivity contribution < 1.29 is 14.2 Å². The molecule has 0 aromatic heterocycles. The minimum absolute atomic E-state index is 0.456. The van der Waals surface area contributed by atoms with E-state index in [9.17, 15) is 0 Å². The zero-order valence-electron chi connectivity index (χ0n) is 11.0. The Morgan fingerprint density at radius 1 is 1.00 bits per heavy atom. The molecule has 4 heteroatoms. The van der Waals surface area contributed by atoms with Gasteiger partial charge in [-0.1, -0.05) is 6.92 Å². The summed E-state index contributed by atoms with van der Waals surface area (Å²) < 4.78 is 15.6. The van der Waals surface area contributed by atoms with Gasteiger partial charge in [0.25, 0.3) is 0 Å². The van der Waals surface area contributed by atoms with E-state index in [0.29, 0.717) is 6.04 Å². The highest BCUT2D eigenvalue weighted by atomic mass is 16.5. The minimum Gasteiger partial charge on any atom is -0.385 e. The number of ether oxygens (including phenoxy) is 3. The largest absolute Gasteiger partial charge is 0.385 e. The van der Waals surface area contributed by atoms with Gasteiger partial charge in [-0.2, -0.15) is 0 Å². The van der Waals surface area contributed by atoms with Gasteiger partial charge in [0, 0.05) is 40.1 Å². The molecular weight excluding hydrogens is 206 g/mol. The van der Waals surface area contributed by atoms with Gasteiger partial charge in [0.1, 0.15) is 0 Å². The molecule has 0 heterocycles. The van der Waals surface area contributed by atoms with Crippen molar-refractivity contribution in [2.45, 2.75) is 32.2 Å². The first-order valence-electron chi connectivity index (χ1n) is 6.14. The van der Waals surface area contributed by atoms with Crippen LogP contribution in [0.1, 0.15) is 26.2 Å². The monoisotopic (exact) mass is 233 g/mol. The second-order valence-corrected chi connectivity index (χ2v) is 3.81. The molecule has 0 radical (unpaired) electrons. The minimum atomic E-state index is 0.456. The van der Waals surface area contributed by atoms with E-state index in [-0.39, 0.29) is 0 Å². The SMILES string of the molecule is CCNC(CCCOCCCOC)COC. The van der Waals surface area contributed by atoms with Gasteiger partial charge in [0.05, 0.1) is 6.61 Å². The van der Waals surface area contributed by atoms with Crippen LogP contribution in [0.4, 0.5) is 0 Å². The fourth-order valence-corrected chi connectivity index (χ4v) is 1.57. The van der Waals surface area contributed by atoms with Crippen molar-refractivity contribution >= 4 is 0 Å². The predicted octanol–water partition coefficient (Wildman–Crippen LogP) is 1.44. The van der Waals surface area contributed by atoms with Gasteiger partial charge in [0.2, 0.25) is 0 Å². The van der Waals surface area contributed by atoms with Crippen LogP contribution in [0.5, 0.6) is 0 Å². The van der Waals surface area contributed by atoms with Gasteiger partial charge in [-0.3, -0.25) is 0 Å². The van der Waals surface area contributed by atoms with Crippen LogP contribution in [-0.4, -0.2) is 53.2 Å². The van der Waals surface area contributed by atoms with Crippen LogP contribution in [0.2, 0.25) is 0 Å². The Hall–Kier alpha value is -0.160. The van der Waals surface area contributed by atoms with Gasteiger partial charge in [-0.25, -0.2) is 0 Å². The zero-order valence-corrected chi connectivity index (χ0v) is 11.0. The van der Waals surface area contributed by atoms with E-state index in [2.05, 4.69) is 12.2 Å². The highest BCUT2D eigenvalue weighted by Gasteiger charge is 2.05. The maximum atomic E-state index is 5.49. The molecule has 0 rings (SSSR count). The van der Waals surface area contributed by atoms with E-state index in [1.807, 2.05) is 0 Å². The average molecular weight is 233 g/mol. The van der Waals surface area contributed by atoms with E-state index < -0.39 is 0 Å². The normalized spacial score (nSPS) is 12.9. The molecule has 0 fully saturated rings. The third-order valence-corrected chi connectivity index (χ3v) is 2.34. The van der Waals surface area contributed by atoms with Gasteiger partial charge < -0.3 is 19.5 Å². The fourth-order valence-electron chi connectivity index (χ4n) is 1.57. The summed E-state index contributed by atoms with van der Waals surface area (Å²) in [7, 11) is 3.46. The van der Waals surface area contributed by atoms with Crippen molar-refractivity contribution in [1.29, 1.82) is 0 Å². The first-order chi connectivity index (χ1) is 7.85. The summed E-state index contributed by atoms with van der Waals surface area (Å²) in [4.78, 5) is 0. The lowest BCUT2D eigenvalue weighted by Gasteiger charge is -2.16. The van der Waals surface area contributed by atoms with E-state index in [1.165, 1.54) is 0 Å². The molecule has 4 nitrogen and oxygen atoms in total. The second kappa shape index (κ2) is 12.9. The molecule has 0 saturated heterocycles. The van der Waals surface area contributed by atoms with Gasteiger partial charge >= 0.3 is 0 Å². The molecule has 0 amide bonds. The summed E-state index contributed by atoms with van der Waals surface area (Å²) in [6.45, 7) is 6.28. The molecule has 0 aromatic carbocycles. The molecule has 0 aromatic rings. The van der Waals surface area contributed by atoms with Crippen molar-refractivity contribution in [2.75, 3.05) is 47.2 Å². The maximum Gasteiger partial charge on any atom is 0.0615 e. The van der Waals surface area contributed by atoms with E-state index in [4.69, 9.17) is 14.2 Å². The summed E-state index contributed by atoms with van der Waals surface area (Å²) in [5.41, 5.74) is 0. The lowest BCUT2D eigenvalue weighted by atomic mass is 10.2. The summed E-state index contributed by atoms with van der Waals surface area (Å²) in [6.07, 6.45) is 3.16. The van der Waals surface area contributed by atoms with Crippen LogP contribution >= 0.6 is 0 Å². The second-order valence-electron chi connectivity index (χ2n) is 3.81. The Morgan fingerprint density at radius 2 is 1.75 bits per heavy atom. The zero-order chi connectivity index (χ0) is 12.1. The Labute approximate surface area is 99.6 Å². The molecular formula is C12H27NO3. The smallest absolute Gasteiger partial charge is 0.0615 e. The van der Waals surface area contributed by atoms with Gasteiger partial charge in [0.15, 0.2) is 0 Å². The molecule has 1 N–H and O–H groups in total. The number of hydrogen-bond donors (Lipinski definition) is 1. The number of rotatable bonds is 12. The molecule has 1 unspecified atom stereocenters. The van der Waals surface area contributed by atoms with E-state index in [1.54, 1.807) is 14.2 Å². The maximum absolute atomic E-state index is 5.49. The molecule has 0 aliphatic heterocycles. The van der Waals surface area contributed by atoms with Crippen LogP contribution < -0.4 is 5.32 Å². The molecule has 0 bridgehead atoms. The lowest BCUT2D eigenvalue weighted by Crippen LogP contribution is -2.33. The van der Waals surface area contributed by atoms with Gasteiger partial charge in [-0.15, -0.1) is 0 Å². The van der Waals surface area contributed by atoms with Crippen molar-refractivity contribution in [3.05, 3.63) is 0 Å². The first-order valence-corrected chi connectivity index (χ1v) is 6.14. The summed E-state index contributed by atoms with van der Waals surface area (Å²) in [5, 5.41) is 3.39. The van der Waals surface area contributed by atoms with Crippen molar-refractivity contribution in [1.82, 2.24) is 5.32 Å². The summed E-state index contributed by atoms with van der Waals surface area (Å²) in [5.74, 6) is 0. The van der Waals surface area contributed by atoms with E-state index >= 15 is 0 Å². The average Bonchev–Trinajstić information content (AvgIpc) is 2.28. The molecule has 1 atom stereocenters. The lowest BCUT2D eigenvalue weighted by molar-refractivity contribution is 0.0953. The number of likely N-dealkylation sites (N-methyl/N-ethyl adjacent to an activating group) is 1. The molecule has 0 saturated carbocycles. The topological polar surface area (TPSA) is 39.7 Å². The number of methoxy groups -OCH3 is 2. The number of hydrogen-bond acceptors (Lipinski definition) is 4. The van der Waals surface area contributed by atoms with E-state index in [0.717, 1.165) is 52.2 Å². The van der Waals surface area contributed by atoms with Crippen molar-refractivity contribution in [3.63, 3.8) is 0 Å². The predicted molar refractivity (Wildman–Crippen MR) is 65.9 cm³/mol. The quantitative estimate of drug-likeness (QED) is 0.518. The molecule has 0 aliphatic carbocycles. The van der Waals surface area contributed by atoms with Crippen LogP contribution in [0.25, 0.3) is 0 Å². The molecule has 98 valence electrons. The standard InChI is InChI=1S/C12H27NO3/c1-4-13-12(11-15-3)7-5-9-16-10-6-8-14-2/h12-13H,4-11H2,1-3H3. The van der Waals surface area contributed by atoms with Crippen LogP contribution in [-0.2, 0) is 14.2 Å². The highest BCUT2D eigenvalue weighted by molar-refractivity contribution is 4.64. The molecule has 0 spiro atoms. The van der Waals surface area contributed by atoms with Crippen LogP contribution in [0, 0.1) is 0 Å². The summed E-state index contributed by atoms with van der Waals surface area (Å²) in [6, 6.07) is 0.456. The Bertz CT molecular complexity index is 127. The molecule has 16 heavy (non-hydrogen) atoms. The Balaban J connectivity index is 3.25. The first kappa shape index (κ1) is 15.8. The van der Waals surface area contributed by atoms with Crippen LogP contribution in [0.3, 0.4) is 0 Å². The van der Waals surface area contributed by atoms with Crippen molar-refractivity contribution in [2.24, 2.45) is 0 Å². The highest BCUT2D eigenvalue weighted by Crippen LogP contribution is 1.99. The summed E-state index contributed by atoms with van der Waals surface area (Å²) >= 11 is 0. The number of nitrogens with one attached hydrogen (secondary N) is 1. The molecule has 0 aliphatic rings. The third-order valence-electron chi connectivity index (χ3n) is 2.34. The van der Waals surface area contributed by atoms with Crippen molar-refractivity contribution in [3.8, 4) is 0 Å². The Morgan fingerprint density at radius 3 is 2.38 bits per heavy atom. The fraction of sp³-hybridized carbons (Fsp3) is 1.00.